The second-order valence-corrected chi connectivity index (χ2v) is 5.30. The Kier molecular flexibility index (Phi) is 4.57. The van der Waals surface area contributed by atoms with Gasteiger partial charge in [0.2, 0.25) is 5.91 Å². The van der Waals surface area contributed by atoms with Gasteiger partial charge in [-0.15, -0.1) is 11.3 Å². The number of thiophene rings is 1. The van der Waals surface area contributed by atoms with E-state index in [0.717, 1.165) is 8.79 Å². The Bertz CT molecular complexity index is 314. The molecular weight excluding hydrogens is 266 g/mol. The fourth-order valence-corrected chi connectivity index (χ4v) is 2.35. The molecule has 0 saturated carbocycles. The maximum atomic E-state index is 11.5. The van der Waals surface area contributed by atoms with Crippen LogP contribution in [0.3, 0.4) is 0 Å². The van der Waals surface area contributed by atoms with E-state index >= 15 is 0 Å². The van der Waals surface area contributed by atoms with Crippen LogP contribution in [0.15, 0.2) is 15.9 Å². The van der Waals surface area contributed by atoms with Gasteiger partial charge in [-0.05, 0) is 34.5 Å². The summed E-state index contributed by atoms with van der Waals surface area (Å²) in [5.41, 5.74) is 0. The minimum atomic E-state index is 0.0356. The summed E-state index contributed by atoms with van der Waals surface area (Å²) in [6.45, 7) is 0.0632. The van der Waals surface area contributed by atoms with Gasteiger partial charge in [-0.1, -0.05) is 0 Å². The fraction of sp³-hybridized carbons (Fsp3) is 0.444. The average molecular weight is 278 g/mol. The lowest BCUT2D eigenvalue weighted by Crippen LogP contribution is -2.25. The highest BCUT2D eigenvalue weighted by molar-refractivity contribution is 9.11. The maximum Gasteiger partial charge on any atom is 0.227 e. The molecule has 0 aliphatic rings. The number of anilines is 1. The molecule has 1 amide bonds. The number of amides is 1. The Morgan fingerprint density at radius 2 is 2.36 bits per heavy atom. The van der Waals surface area contributed by atoms with Crippen molar-refractivity contribution in [3.8, 4) is 0 Å². The van der Waals surface area contributed by atoms with Crippen LogP contribution >= 0.6 is 27.3 Å². The molecule has 0 aliphatic carbocycles. The van der Waals surface area contributed by atoms with E-state index in [-0.39, 0.29) is 12.5 Å². The lowest BCUT2D eigenvalue weighted by molar-refractivity contribution is -0.118. The topological polar surface area (TPSA) is 40.5 Å². The van der Waals surface area contributed by atoms with Crippen LogP contribution in [-0.4, -0.2) is 24.7 Å². The lowest BCUT2D eigenvalue weighted by atomic mass is 10.3. The molecule has 14 heavy (non-hydrogen) atoms. The van der Waals surface area contributed by atoms with Crippen molar-refractivity contribution in [1.29, 1.82) is 0 Å². The van der Waals surface area contributed by atoms with Crippen molar-refractivity contribution in [2.45, 2.75) is 12.8 Å². The predicted octanol–water partition coefficient (Wildman–Crippen LogP) is 2.25. The first-order valence-corrected chi connectivity index (χ1v) is 5.89. The van der Waals surface area contributed by atoms with E-state index in [4.69, 9.17) is 5.11 Å². The van der Waals surface area contributed by atoms with E-state index in [2.05, 4.69) is 15.9 Å². The molecule has 0 atom stereocenters. The molecule has 1 aromatic heterocycles. The van der Waals surface area contributed by atoms with Gasteiger partial charge in [-0.3, -0.25) is 4.79 Å². The first kappa shape index (κ1) is 11.7. The van der Waals surface area contributed by atoms with E-state index in [1.54, 1.807) is 11.9 Å². The molecule has 1 rings (SSSR count). The van der Waals surface area contributed by atoms with Crippen molar-refractivity contribution in [3.63, 3.8) is 0 Å². The molecule has 3 nitrogen and oxygen atoms in total. The predicted molar refractivity (Wildman–Crippen MR) is 61.7 cm³/mol. The highest BCUT2D eigenvalue weighted by atomic mass is 79.9. The van der Waals surface area contributed by atoms with Gasteiger partial charge in [0.25, 0.3) is 0 Å². The summed E-state index contributed by atoms with van der Waals surface area (Å²) in [6, 6.07) is 3.81. The van der Waals surface area contributed by atoms with Crippen molar-refractivity contribution >= 4 is 38.2 Å². The van der Waals surface area contributed by atoms with Crippen LogP contribution in [0.2, 0.25) is 0 Å². The molecule has 78 valence electrons. The normalized spacial score (nSPS) is 10.2. The van der Waals surface area contributed by atoms with Crippen LogP contribution in [-0.2, 0) is 4.79 Å². The zero-order valence-corrected chi connectivity index (χ0v) is 10.3. The highest BCUT2D eigenvalue weighted by Crippen LogP contribution is 2.29. The number of carbonyl (C=O) groups is 1. The third-order valence-corrected chi connectivity index (χ3v) is 3.51. The number of carbonyl (C=O) groups excluding carboxylic acids is 1. The molecule has 1 aromatic rings. The first-order chi connectivity index (χ1) is 6.65. The Balaban J connectivity index is 2.56. The van der Waals surface area contributed by atoms with Crippen LogP contribution < -0.4 is 4.90 Å². The summed E-state index contributed by atoms with van der Waals surface area (Å²) in [5.74, 6) is 0.0356. The zero-order valence-electron chi connectivity index (χ0n) is 7.86. The molecule has 0 spiro atoms. The van der Waals surface area contributed by atoms with Gasteiger partial charge >= 0.3 is 0 Å². The van der Waals surface area contributed by atoms with Gasteiger partial charge in [-0.25, -0.2) is 0 Å². The molecule has 1 heterocycles. The summed E-state index contributed by atoms with van der Waals surface area (Å²) in [6.07, 6.45) is 0.915. The van der Waals surface area contributed by atoms with Crippen molar-refractivity contribution in [2.75, 3.05) is 18.6 Å². The summed E-state index contributed by atoms with van der Waals surface area (Å²) in [7, 11) is 1.75. The number of hydrogen-bond donors (Lipinski definition) is 1. The largest absolute Gasteiger partial charge is 0.396 e. The monoisotopic (exact) mass is 277 g/mol. The van der Waals surface area contributed by atoms with Crippen LogP contribution in [0.5, 0.6) is 0 Å². The lowest BCUT2D eigenvalue weighted by Gasteiger charge is -2.14. The van der Waals surface area contributed by atoms with Crippen molar-refractivity contribution < 1.29 is 9.90 Å². The van der Waals surface area contributed by atoms with E-state index in [9.17, 15) is 4.79 Å². The van der Waals surface area contributed by atoms with Crippen LogP contribution in [0.25, 0.3) is 0 Å². The molecule has 0 aromatic carbocycles. The summed E-state index contributed by atoms with van der Waals surface area (Å²) in [4.78, 5) is 13.1. The third-order valence-electron chi connectivity index (χ3n) is 1.81. The fourth-order valence-electron chi connectivity index (χ4n) is 1.01. The standard InChI is InChI=1S/C9H12BrNO2S/c1-11(8(13)3-2-6-12)9-5-4-7(10)14-9/h4-5,12H,2-3,6H2,1H3. The van der Waals surface area contributed by atoms with Gasteiger partial charge in [-0.2, -0.15) is 0 Å². The summed E-state index contributed by atoms with van der Waals surface area (Å²) in [5, 5.41) is 9.51. The van der Waals surface area contributed by atoms with Gasteiger partial charge in [0.1, 0.15) is 0 Å². The van der Waals surface area contributed by atoms with E-state index in [1.165, 1.54) is 11.3 Å². The first-order valence-electron chi connectivity index (χ1n) is 4.28. The van der Waals surface area contributed by atoms with Crippen molar-refractivity contribution in [3.05, 3.63) is 15.9 Å². The number of aliphatic hydroxyl groups excluding tert-OH is 1. The minimum absolute atomic E-state index is 0.0356. The van der Waals surface area contributed by atoms with Gasteiger partial charge in [0.05, 0.1) is 8.79 Å². The molecule has 1 N–H and O–H groups in total. The van der Waals surface area contributed by atoms with Gasteiger partial charge < -0.3 is 10.0 Å². The molecule has 0 bridgehead atoms. The minimum Gasteiger partial charge on any atom is -0.396 e. The molecular formula is C9H12BrNO2S. The van der Waals surface area contributed by atoms with Crippen molar-refractivity contribution in [2.24, 2.45) is 0 Å². The molecule has 0 unspecified atom stereocenters. The number of rotatable bonds is 4. The third kappa shape index (κ3) is 3.08. The average Bonchev–Trinajstić information content (AvgIpc) is 2.60. The Labute approximate surface area is 95.5 Å². The molecule has 0 aliphatic heterocycles. The second-order valence-electron chi connectivity index (χ2n) is 2.86. The highest BCUT2D eigenvalue weighted by Gasteiger charge is 2.11. The number of hydrogen-bond acceptors (Lipinski definition) is 3. The Hall–Kier alpha value is -0.390. The van der Waals surface area contributed by atoms with E-state index < -0.39 is 0 Å². The summed E-state index contributed by atoms with van der Waals surface area (Å²) >= 11 is 4.86. The molecule has 0 radical (unpaired) electrons. The van der Waals surface area contributed by atoms with E-state index in [1.807, 2.05) is 12.1 Å². The summed E-state index contributed by atoms with van der Waals surface area (Å²) < 4.78 is 1.01. The number of aliphatic hydroxyl groups is 1. The van der Waals surface area contributed by atoms with Crippen LogP contribution in [0.4, 0.5) is 5.00 Å². The SMILES string of the molecule is CN(C(=O)CCCO)c1ccc(Br)s1. The number of nitrogens with zero attached hydrogens (tertiary/aromatic N) is 1. The second kappa shape index (κ2) is 5.48. The maximum absolute atomic E-state index is 11.5. The smallest absolute Gasteiger partial charge is 0.227 e. The van der Waals surface area contributed by atoms with E-state index in [0.29, 0.717) is 12.8 Å². The molecule has 0 saturated heterocycles. The van der Waals surface area contributed by atoms with Crippen LogP contribution in [0.1, 0.15) is 12.8 Å². The van der Waals surface area contributed by atoms with Gasteiger partial charge in [0.15, 0.2) is 0 Å². The quantitative estimate of drug-likeness (QED) is 0.917. The Morgan fingerprint density at radius 3 is 2.86 bits per heavy atom. The number of halogens is 1. The Morgan fingerprint density at radius 1 is 1.64 bits per heavy atom. The van der Waals surface area contributed by atoms with Crippen LogP contribution in [0, 0.1) is 0 Å². The molecule has 0 fully saturated rings. The van der Waals surface area contributed by atoms with Crippen molar-refractivity contribution in [1.82, 2.24) is 0 Å². The zero-order chi connectivity index (χ0) is 10.6. The van der Waals surface area contributed by atoms with Gasteiger partial charge in [0, 0.05) is 20.1 Å². The molecule has 5 heteroatoms.